The summed E-state index contributed by atoms with van der Waals surface area (Å²) in [4.78, 5) is 0. The maximum absolute atomic E-state index is 11.1. The molecule has 7 heavy (non-hydrogen) atoms. The first-order valence-corrected chi connectivity index (χ1v) is 2.13. The zero-order valence-electron chi connectivity index (χ0n) is 4.05. The van der Waals surface area contributed by atoms with Crippen molar-refractivity contribution in [3.8, 4) is 0 Å². The summed E-state index contributed by atoms with van der Waals surface area (Å²) in [5.41, 5.74) is 0. The van der Waals surface area contributed by atoms with Crippen LogP contribution >= 0.6 is 0 Å². The van der Waals surface area contributed by atoms with Gasteiger partial charge in [-0.3, -0.25) is 0 Å². The maximum Gasteiger partial charge on any atom is 0.388 e. The second-order valence-electron chi connectivity index (χ2n) is 1.37. The van der Waals surface area contributed by atoms with Gasteiger partial charge in [-0.05, 0) is 0 Å². The van der Waals surface area contributed by atoms with Gasteiger partial charge in [0, 0.05) is 6.42 Å². The van der Waals surface area contributed by atoms with Crippen LogP contribution in [0, 0.1) is 0 Å². The lowest BCUT2D eigenvalue weighted by Crippen LogP contribution is -2.05. The van der Waals surface area contributed by atoms with E-state index in [1.54, 1.807) is 0 Å². The van der Waals surface area contributed by atoms with Gasteiger partial charge in [0.15, 0.2) is 0 Å². The van der Waals surface area contributed by atoms with Crippen molar-refractivity contribution in [3.05, 3.63) is 0 Å². The molecule has 0 aromatic carbocycles. The molecule has 0 radical (unpaired) electrons. The van der Waals surface area contributed by atoms with Crippen LogP contribution < -0.4 is 0 Å². The van der Waals surface area contributed by atoms with Crippen molar-refractivity contribution in [1.82, 2.24) is 0 Å². The van der Waals surface area contributed by atoms with Gasteiger partial charge in [-0.2, -0.15) is 13.2 Å². The first kappa shape index (κ1) is 6.85. The average Bonchev–Trinajstić information content (AvgIpc) is 1.30. The van der Waals surface area contributed by atoms with Crippen molar-refractivity contribution in [1.29, 1.82) is 0 Å². The predicted octanol–water partition coefficient (Wildman–Crippen LogP) is 0.990. The summed E-state index contributed by atoms with van der Waals surface area (Å²) in [5, 5.41) is 0. The van der Waals surface area contributed by atoms with Crippen LogP contribution in [0.1, 0.15) is 6.42 Å². The SMILES string of the molecule is BCCC(F)(F)F. The fourth-order valence-electron chi connectivity index (χ4n) is 0.283. The Bertz CT molecular complexity index is 48.6. The molecular weight excluding hydrogens is 104 g/mol. The van der Waals surface area contributed by atoms with E-state index in [2.05, 4.69) is 0 Å². The second-order valence-corrected chi connectivity index (χ2v) is 1.37. The van der Waals surface area contributed by atoms with E-state index in [0.717, 1.165) is 0 Å². The Balaban J connectivity index is 3.15. The molecule has 0 aromatic rings. The van der Waals surface area contributed by atoms with Crippen molar-refractivity contribution >= 4 is 7.85 Å². The molecule has 42 valence electrons. The molecule has 0 atom stereocenters. The molecule has 0 amide bonds. The van der Waals surface area contributed by atoms with Gasteiger partial charge in [-0.1, -0.05) is 6.32 Å². The zero-order valence-corrected chi connectivity index (χ0v) is 4.05. The van der Waals surface area contributed by atoms with Gasteiger partial charge in [0.1, 0.15) is 7.85 Å². The molecule has 0 rings (SSSR count). The molecular formula is C3H6BF3. The first-order valence-electron chi connectivity index (χ1n) is 2.13. The third-order valence-corrected chi connectivity index (χ3v) is 0.533. The van der Waals surface area contributed by atoms with Gasteiger partial charge in [-0.15, -0.1) is 0 Å². The van der Waals surface area contributed by atoms with Crippen molar-refractivity contribution in [3.63, 3.8) is 0 Å². The lowest BCUT2D eigenvalue weighted by Gasteiger charge is -2.00. The quantitative estimate of drug-likeness (QED) is 0.441. The van der Waals surface area contributed by atoms with Crippen molar-refractivity contribution in [2.24, 2.45) is 0 Å². The summed E-state index contributed by atoms with van der Waals surface area (Å²) >= 11 is 0. The van der Waals surface area contributed by atoms with E-state index in [0.29, 0.717) is 0 Å². The molecule has 0 nitrogen and oxygen atoms in total. The standard InChI is InChI=1S/C3H6BF3/c4-2-1-3(5,6)7/h1-2,4H2. The highest BCUT2D eigenvalue weighted by atomic mass is 19.4. The predicted molar refractivity (Wildman–Crippen MR) is 24.0 cm³/mol. The molecule has 0 aliphatic carbocycles. The smallest absolute Gasteiger partial charge is 0.171 e. The maximum atomic E-state index is 11.1. The summed E-state index contributed by atoms with van der Waals surface area (Å²) < 4.78 is 33.2. The lowest BCUT2D eigenvalue weighted by atomic mass is 10.0. The summed E-state index contributed by atoms with van der Waals surface area (Å²) in [6.07, 6.45) is -4.43. The van der Waals surface area contributed by atoms with Crippen molar-refractivity contribution in [2.75, 3.05) is 0 Å². The highest BCUT2D eigenvalue weighted by Gasteiger charge is 2.24. The van der Waals surface area contributed by atoms with Crippen LogP contribution in [0.3, 0.4) is 0 Å². The van der Waals surface area contributed by atoms with Gasteiger partial charge >= 0.3 is 6.18 Å². The van der Waals surface area contributed by atoms with Gasteiger partial charge in [0.25, 0.3) is 0 Å². The van der Waals surface area contributed by atoms with Gasteiger partial charge in [0.05, 0.1) is 0 Å². The Morgan fingerprint density at radius 2 is 1.71 bits per heavy atom. The largest absolute Gasteiger partial charge is 0.388 e. The highest BCUT2D eigenvalue weighted by molar-refractivity contribution is 6.08. The summed E-state index contributed by atoms with van der Waals surface area (Å²) in [6.45, 7) is 0. The van der Waals surface area contributed by atoms with Crippen molar-refractivity contribution in [2.45, 2.75) is 18.9 Å². The van der Waals surface area contributed by atoms with E-state index in [1.807, 2.05) is 0 Å². The number of rotatable bonds is 1. The summed E-state index contributed by atoms with van der Waals surface area (Å²) in [6, 6.07) is 0. The second kappa shape index (κ2) is 2.24. The van der Waals surface area contributed by atoms with E-state index < -0.39 is 12.6 Å². The molecule has 0 saturated heterocycles. The minimum absolute atomic E-state index is 0.184. The third-order valence-electron chi connectivity index (χ3n) is 0.533. The fourth-order valence-corrected chi connectivity index (χ4v) is 0.283. The fraction of sp³-hybridized carbons (Fsp3) is 1.00. The minimum Gasteiger partial charge on any atom is -0.171 e. The van der Waals surface area contributed by atoms with Crippen LogP contribution in [-0.4, -0.2) is 14.0 Å². The Labute approximate surface area is 41.1 Å². The number of halogens is 3. The van der Waals surface area contributed by atoms with E-state index >= 15 is 0 Å². The molecule has 0 saturated carbocycles. The Morgan fingerprint density at radius 3 is 1.71 bits per heavy atom. The molecule has 0 aliphatic heterocycles. The normalized spacial score (nSPS) is 11.9. The molecule has 0 unspecified atom stereocenters. The molecule has 0 fully saturated rings. The van der Waals surface area contributed by atoms with E-state index in [-0.39, 0.29) is 6.32 Å². The van der Waals surface area contributed by atoms with Gasteiger partial charge in [-0.25, -0.2) is 0 Å². The highest BCUT2D eigenvalue weighted by Crippen LogP contribution is 2.20. The van der Waals surface area contributed by atoms with E-state index in [9.17, 15) is 13.2 Å². The summed E-state index contributed by atoms with van der Waals surface area (Å²) in [5.74, 6) is 0. The third kappa shape index (κ3) is 5.85. The number of hydrogen-bond acceptors (Lipinski definition) is 0. The Hall–Kier alpha value is -0.145. The molecule has 0 aliphatic rings. The van der Waals surface area contributed by atoms with Crippen LogP contribution in [0.25, 0.3) is 0 Å². The van der Waals surface area contributed by atoms with Crippen LogP contribution in [-0.2, 0) is 0 Å². The number of alkyl halides is 3. The van der Waals surface area contributed by atoms with Crippen LogP contribution in [0.15, 0.2) is 0 Å². The van der Waals surface area contributed by atoms with Crippen molar-refractivity contribution < 1.29 is 13.2 Å². The Kier molecular flexibility index (Phi) is 2.19. The minimum atomic E-state index is -3.95. The molecule has 0 aromatic heterocycles. The lowest BCUT2D eigenvalue weighted by molar-refractivity contribution is -0.130. The monoisotopic (exact) mass is 110 g/mol. The molecule has 0 bridgehead atoms. The first-order chi connectivity index (χ1) is 3.06. The molecule has 4 heteroatoms. The molecule has 0 heterocycles. The average molecular weight is 110 g/mol. The van der Waals surface area contributed by atoms with Gasteiger partial charge in [0.2, 0.25) is 0 Å². The summed E-state index contributed by atoms with van der Waals surface area (Å²) in [7, 11) is 1.51. The number of hydrogen-bond donors (Lipinski definition) is 0. The van der Waals surface area contributed by atoms with Crippen LogP contribution in [0.5, 0.6) is 0 Å². The van der Waals surface area contributed by atoms with E-state index in [4.69, 9.17) is 0 Å². The van der Waals surface area contributed by atoms with Crippen LogP contribution in [0.4, 0.5) is 13.2 Å². The topological polar surface area (TPSA) is 0 Å². The van der Waals surface area contributed by atoms with Gasteiger partial charge < -0.3 is 0 Å². The molecule has 0 N–H and O–H groups in total. The van der Waals surface area contributed by atoms with E-state index in [1.165, 1.54) is 7.85 Å². The van der Waals surface area contributed by atoms with Crippen LogP contribution in [0.2, 0.25) is 6.32 Å². The zero-order chi connectivity index (χ0) is 5.91. The molecule has 0 spiro atoms. The Morgan fingerprint density at radius 1 is 1.29 bits per heavy atom.